The highest BCUT2D eigenvalue weighted by atomic mass is 16.5. The fourth-order valence-electron chi connectivity index (χ4n) is 1.64. The minimum Gasteiger partial charge on any atom is -0.467 e. The van der Waals surface area contributed by atoms with Crippen molar-refractivity contribution in [1.29, 1.82) is 0 Å². The van der Waals surface area contributed by atoms with Crippen LogP contribution in [0.5, 0.6) is 0 Å². The first-order valence-electron chi connectivity index (χ1n) is 6.18. The Morgan fingerprint density at radius 1 is 1.11 bits per heavy atom. The maximum Gasteiger partial charge on any atom is 0.129 e. The van der Waals surface area contributed by atoms with Gasteiger partial charge in [-0.3, -0.25) is 0 Å². The number of hydrogen-bond donors (Lipinski definition) is 1. The van der Waals surface area contributed by atoms with E-state index in [1.54, 1.807) is 6.26 Å². The highest BCUT2D eigenvalue weighted by molar-refractivity contribution is 5.40. The first-order valence-corrected chi connectivity index (χ1v) is 6.18. The number of aliphatic hydroxyl groups excluding tert-OH is 1. The summed E-state index contributed by atoms with van der Waals surface area (Å²) >= 11 is 0. The molecule has 2 rings (SSSR count). The Balaban J connectivity index is 1.94. The van der Waals surface area contributed by atoms with Gasteiger partial charge in [0.05, 0.1) is 19.5 Å². The highest BCUT2D eigenvalue weighted by Crippen LogP contribution is 2.11. The van der Waals surface area contributed by atoms with Gasteiger partial charge in [-0.05, 0) is 23.8 Å². The van der Waals surface area contributed by atoms with Crippen LogP contribution in [0.25, 0.3) is 0 Å². The molecular formula is C16H16O3. The van der Waals surface area contributed by atoms with Crippen molar-refractivity contribution in [2.75, 3.05) is 6.61 Å². The summed E-state index contributed by atoms with van der Waals surface area (Å²) < 4.78 is 10.8. The fourth-order valence-corrected chi connectivity index (χ4v) is 1.64. The number of hydrogen-bond acceptors (Lipinski definition) is 3. The van der Waals surface area contributed by atoms with Crippen LogP contribution in [0.3, 0.4) is 0 Å². The van der Waals surface area contributed by atoms with E-state index < -0.39 is 0 Å². The van der Waals surface area contributed by atoms with Gasteiger partial charge in [0.2, 0.25) is 0 Å². The molecular weight excluding hydrogens is 240 g/mol. The van der Waals surface area contributed by atoms with Gasteiger partial charge in [-0.1, -0.05) is 30.0 Å². The van der Waals surface area contributed by atoms with Crippen molar-refractivity contribution >= 4 is 0 Å². The third kappa shape index (κ3) is 4.29. The number of benzene rings is 1. The highest BCUT2D eigenvalue weighted by Gasteiger charge is 2.01. The summed E-state index contributed by atoms with van der Waals surface area (Å²) in [5, 5.41) is 8.72. The van der Waals surface area contributed by atoms with Crippen LogP contribution in [0.15, 0.2) is 47.1 Å². The zero-order valence-corrected chi connectivity index (χ0v) is 10.6. The van der Waals surface area contributed by atoms with Gasteiger partial charge in [-0.15, -0.1) is 0 Å². The number of rotatable bonds is 5. The predicted octanol–water partition coefficient (Wildman–Crippen LogP) is 2.73. The summed E-state index contributed by atoms with van der Waals surface area (Å²) in [5.74, 6) is 6.78. The minimum atomic E-state index is 0.0875. The monoisotopic (exact) mass is 256 g/mol. The van der Waals surface area contributed by atoms with E-state index in [0.29, 0.717) is 19.6 Å². The SMILES string of the molecule is OCCC#Cc1ccccc1COCc1ccco1. The van der Waals surface area contributed by atoms with Gasteiger partial charge in [0.1, 0.15) is 12.4 Å². The topological polar surface area (TPSA) is 42.6 Å². The maximum absolute atomic E-state index is 8.72. The van der Waals surface area contributed by atoms with Gasteiger partial charge in [0.15, 0.2) is 0 Å². The van der Waals surface area contributed by atoms with Crippen LogP contribution < -0.4 is 0 Å². The largest absolute Gasteiger partial charge is 0.467 e. The molecule has 3 heteroatoms. The summed E-state index contributed by atoms with van der Waals surface area (Å²) in [7, 11) is 0. The maximum atomic E-state index is 8.72. The lowest BCUT2D eigenvalue weighted by atomic mass is 10.1. The van der Waals surface area contributed by atoms with Crippen molar-refractivity contribution in [3.8, 4) is 11.8 Å². The molecule has 0 unspecified atom stereocenters. The van der Waals surface area contributed by atoms with Crippen molar-refractivity contribution in [3.05, 3.63) is 59.5 Å². The Labute approximate surface area is 112 Å². The van der Waals surface area contributed by atoms with E-state index in [0.717, 1.165) is 16.9 Å². The molecule has 0 spiro atoms. The number of furan rings is 1. The second kappa shape index (κ2) is 7.42. The molecule has 1 heterocycles. The van der Waals surface area contributed by atoms with E-state index >= 15 is 0 Å². The van der Waals surface area contributed by atoms with E-state index in [1.807, 2.05) is 36.4 Å². The van der Waals surface area contributed by atoms with E-state index in [-0.39, 0.29) is 6.61 Å². The Morgan fingerprint density at radius 2 is 2.00 bits per heavy atom. The predicted molar refractivity (Wildman–Crippen MR) is 72.2 cm³/mol. The average Bonchev–Trinajstić information content (AvgIpc) is 2.94. The average molecular weight is 256 g/mol. The molecule has 0 fully saturated rings. The first-order chi connectivity index (χ1) is 9.40. The van der Waals surface area contributed by atoms with Crippen LogP contribution in [0.2, 0.25) is 0 Å². The Hall–Kier alpha value is -2.02. The number of aliphatic hydroxyl groups is 1. The first kappa shape index (κ1) is 13.4. The van der Waals surface area contributed by atoms with Crippen LogP contribution in [0, 0.1) is 11.8 Å². The molecule has 19 heavy (non-hydrogen) atoms. The molecule has 1 aromatic heterocycles. The summed E-state index contributed by atoms with van der Waals surface area (Å²) in [6.45, 7) is 1.03. The smallest absolute Gasteiger partial charge is 0.129 e. The van der Waals surface area contributed by atoms with E-state index in [4.69, 9.17) is 14.3 Å². The number of ether oxygens (including phenoxy) is 1. The van der Waals surface area contributed by atoms with Crippen LogP contribution in [-0.2, 0) is 18.0 Å². The van der Waals surface area contributed by atoms with Crippen molar-refractivity contribution in [2.24, 2.45) is 0 Å². The van der Waals surface area contributed by atoms with Crippen LogP contribution in [-0.4, -0.2) is 11.7 Å². The molecule has 0 bridgehead atoms. The van der Waals surface area contributed by atoms with E-state index in [2.05, 4.69) is 11.8 Å². The van der Waals surface area contributed by atoms with Crippen molar-refractivity contribution in [2.45, 2.75) is 19.6 Å². The second-order valence-electron chi connectivity index (χ2n) is 4.00. The summed E-state index contributed by atoms with van der Waals surface area (Å²) in [6.07, 6.45) is 2.12. The summed E-state index contributed by atoms with van der Waals surface area (Å²) in [6, 6.07) is 11.6. The quantitative estimate of drug-likeness (QED) is 0.836. The standard InChI is InChI=1S/C16H16O3/c17-10-4-3-7-14-6-1-2-8-15(14)12-18-13-16-9-5-11-19-16/h1-2,5-6,8-9,11,17H,4,10,12-13H2. The minimum absolute atomic E-state index is 0.0875. The third-order valence-corrected chi connectivity index (χ3v) is 2.56. The molecule has 0 aliphatic heterocycles. The van der Waals surface area contributed by atoms with Gasteiger partial charge in [0.25, 0.3) is 0 Å². The normalized spacial score (nSPS) is 9.95. The Bertz CT molecular complexity index is 547. The molecule has 0 radical (unpaired) electrons. The second-order valence-corrected chi connectivity index (χ2v) is 4.00. The molecule has 0 amide bonds. The van der Waals surface area contributed by atoms with Crippen LogP contribution in [0.4, 0.5) is 0 Å². The molecule has 0 atom stereocenters. The molecule has 98 valence electrons. The molecule has 0 aliphatic carbocycles. The van der Waals surface area contributed by atoms with E-state index in [9.17, 15) is 0 Å². The zero-order chi connectivity index (χ0) is 13.3. The van der Waals surface area contributed by atoms with Crippen molar-refractivity contribution in [3.63, 3.8) is 0 Å². The summed E-state index contributed by atoms with van der Waals surface area (Å²) in [4.78, 5) is 0. The molecule has 0 aliphatic rings. The molecule has 1 N–H and O–H groups in total. The Kier molecular flexibility index (Phi) is 5.24. The van der Waals surface area contributed by atoms with E-state index in [1.165, 1.54) is 0 Å². The lowest BCUT2D eigenvalue weighted by Gasteiger charge is -2.05. The lowest BCUT2D eigenvalue weighted by molar-refractivity contribution is 0.0928. The van der Waals surface area contributed by atoms with Gasteiger partial charge >= 0.3 is 0 Å². The lowest BCUT2D eigenvalue weighted by Crippen LogP contribution is -1.96. The molecule has 2 aromatic rings. The third-order valence-electron chi connectivity index (χ3n) is 2.56. The van der Waals surface area contributed by atoms with Gasteiger partial charge in [-0.25, -0.2) is 0 Å². The molecule has 0 saturated heterocycles. The molecule has 3 nitrogen and oxygen atoms in total. The fraction of sp³-hybridized carbons (Fsp3) is 0.250. The van der Waals surface area contributed by atoms with Gasteiger partial charge in [-0.2, -0.15) is 0 Å². The van der Waals surface area contributed by atoms with Gasteiger partial charge in [0, 0.05) is 12.0 Å². The summed E-state index contributed by atoms with van der Waals surface area (Å²) in [5.41, 5.74) is 1.98. The van der Waals surface area contributed by atoms with Crippen LogP contribution >= 0.6 is 0 Å². The van der Waals surface area contributed by atoms with Crippen LogP contribution in [0.1, 0.15) is 23.3 Å². The zero-order valence-electron chi connectivity index (χ0n) is 10.6. The Morgan fingerprint density at radius 3 is 2.79 bits per heavy atom. The van der Waals surface area contributed by atoms with Gasteiger partial charge < -0.3 is 14.3 Å². The molecule has 0 saturated carbocycles. The van der Waals surface area contributed by atoms with Crippen molar-refractivity contribution in [1.82, 2.24) is 0 Å². The molecule has 1 aromatic carbocycles. The van der Waals surface area contributed by atoms with Crippen molar-refractivity contribution < 1.29 is 14.3 Å².